The maximum Gasteiger partial charge on any atom is 0.348 e. The standard InChI is InChI=1S/C20H18N2O5S/c1-2-13-5-7-14(8-6-13)21-17(23)12-27-20(25)16-9-10-18(28-16)22-19(24)15-4-3-11-26-15/h3-11H,2,12H2,1H3,(H,21,23)(H,22,24). The highest BCUT2D eigenvalue weighted by Gasteiger charge is 2.15. The van der Waals surface area contributed by atoms with Crippen LogP contribution >= 0.6 is 11.3 Å². The van der Waals surface area contributed by atoms with E-state index in [1.54, 1.807) is 24.3 Å². The lowest BCUT2D eigenvalue weighted by molar-refractivity contribution is -0.119. The summed E-state index contributed by atoms with van der Waals surface area (Å²) in [5.74, 6) is -1.32. The molecule has 0 atom stereocenters. The van der Waals surface area contributed by atoms with E-state index in [-0.39, 0.29) is 10.6 Å². The second-order valence-corrected chi connectivity index (χ2v) is 6.85. The van der Waals surface area contributed by atoms with Gasteiger partial charge < -0.3 is 19.8 Å². The monoisotopic (exact) mass is 398 g/mol. The molecule has 0 aliphatic carbocycles. The molecule has 8 heteroatoms. The van der Waals surface area contributed by atoms with Gasteiger partial charge in [0.05, 0.1) is 11.3 Å². The van der Waals surface area contributed by atoms with Gasteiger partial charge in [-0.2, -0.15) is 0 Å². The van der Waals surface area contributed by atoms with Crippen molar-refractivity contribution in [3.8, 4) is 0 Å². The first-order chi connectivity index (χ1) is 13.5. The minimum atomic E-state index is -0.639. The lowest BCUT2D eigenvalue weighted by atomic mass is 10.1. The fraction of sp³-hybridized carbons (Fsp3) is 0.150. The predicted octanol–water partition coefficient (Wildman–Crippen LogP) is 3.95. The lowest BCUT2D eigenvalue weighted by Gasteiger charge is -2.06. The number of hydrogen-bond donors (Lipinski definition) is 2. The van der Waals surface area contributed by atoms with E-state index in [9.17, 15) is 14.4 Å². The molecule has 2 aromatic heterocycles. The van der Waals surface area contributed by atoms with Crippen molar-refractivity contribution in [3.63, 3.8) is 0 Å². The van der Waals surface area contributed by atoms with Crippen LogP contribution in [0.5, 0.6) is 0 Å². The first-order valence-electron chi connectivity index (χ1n) is 8.55. The van der Waals surface area contributed by atoms with Gasteiger partial charge in [-0.25, -0.2) is 4.79 Å². The Morgan fingerprint density at radius 1 is 1.04 bits per heavy atom. The molecule has 0 saturated heterocycles. The summed E-state index contributed by atoms with van der Waals surface area (Å²) in [5.41, 5.74) is 1.80. The summed E-state index contributed by atoms with van der Waals surface area (Å²) < 4.78 is 10.0. The van der Waals surface area contributed by atoms with Crippen LogP contribution in [-0.4, -0.2) is 24.4 Å². The molecule has 1 aromatic carbocycles. The quantitative estimate of drug-likeness (QED) is 0.587. The number of furan rings is 1. The molecule has 144 valence electrons. The summed E-state index contributed by atoms with van der Waals surface area (Å²) in [7, 11) is 0. The number of carbonyl (C=O) groups is 3. The third-order valence-corrected chi connectivity index (χ3v) is 4.75. The van der Waals surface area contributed by atoms with E-state index in [0.29, 0.717) is 10.7 Å². The molecule has 0 fully saturated rings. The van der Waals surface area contributed by atoms with Gasteiger partial charge >= 0.3 is 5.97 Å². The Morgan fingerprint density at radius 2 is 1.82 bits per heavy atom. The molecule has 28 heavy (non-hydrogen) atoms. The molecule has 7 nitrogen and oxygen atoms in total. The average Bonchev–Trinajstić information content (AvgIpc) is 3.39. The fourth-order valence-electron chi connectivity index (χ4n) is 2.32. The Kier molecular flexibility index (Phi) is 6.23. The number of carbonyl (C=O) groups excluding carboxylic acids is 3. The zero-order valence-electron chi connectivity index (χ0n) is 15.1. The predicted molar refractivity (Wildman–Crippen MR) is 106 cm³/mol. The SMILES string of the molecule is CCc1ccc(NC(=O)COC(=O)c2ccc(NC(=O)c3ccco3)s2)cc1. The molecule has 2 N–H and O–H groups in total. The summed E-state index contributed by atoms with van der Waals surface area (Å²) in [6, 6.07) is 13.7. The Hall–Kier alpha value is -3.39. The van der Waals surface area contributed by atoms with Crippen molar-refractivity contribution in [2.75, 3.05) is 17.2 Å². The molecule has 3 aromatic rings. The van der Waals surface area contributed by atoms with Gasteiger partial charge in [-0.3, -0.25) is 9.59 Å². The second-order valence-electron chi connectivity index (χ2n) is 5.77. The molecular formula is C20H18N2O5S. The molecule has 0 spiro atoms. The van der Waals surface area contributed by atoms with Crippen molar-refractivity contribution >= 4 is 39.8 Å². The van der Waals surface area contributed by atoms with Gasteiger partial charge in [-0.15, -0.1) is 11.3 Å². The molecular weight excluding hydrogens is 380 g/mol. The van der Waals surface area contributed by atoms with Crippen molar-refractivity contribution < 1.29 is 23.5 Å². The van der Waals surface area contributed by atoms with E-state index < -0.39 is 24.4 Å². The second kappa shape index (κ2) is 9.01. The van der Waals surface area contributed by atoms with Gasteiger partial charge in [0.25, 0.3) is 11.8 Å². The summed E-state index contributed by atoms with van der Waals surface area (Å²) in [6.07, 6.45) is 2.31. The van der Waals surface area contributed by atoms with Gasteiger partial charge in [0.2, 0.25) is 0 Å². The minimum absolute atomic E-state index is 0.168. The van der Waals surface area contributed by atoms with E-state index in [2.05, 4.69) is 10.6 Å². The number of thiophene rings is 1. The Balaban J connectivity index is 1.48. The van der Waals surface area contributed by atoms with Crippen LogP contribution in [0.1, 0.15) is 32.7 Å². The third kappa shape index (κ3) is 5.08. The van der Waals surface area contributed by atoms with Crippen LogP contribution in [0.3, 0.4) is 0 Å². The number of esters is 1. The largest absolute Gasteiger partial charge is 0.459 e. The van der Waals surface area contributed by atoms with Gasteiger partial charge in [-0.1, -0.05) is 19.1 Å². The van der Waals surface area contributed by atoms with Crippen molar-refractivity contribution in [2.45, 2.75) is 13.3 Å². The van der Waals surface area contributed by atoms with Crippen LogP contribution in [0.25, 0.3) is 0 Å². The number of aryl methyl sites for hydroxylation is 1. The number of anilines is 2. The first kappa shape index (κ1) is 19.4. The zero-order chi connectivity index (χ0) is 19.9. The van der Waals surface area contributed by atoms with Gasteiger partial charge in [0.15, 0.2) is 12.4 Å². The Bertz CT molecular complexity index is 961. The highest BCUT2D eigenvalue weighted by Crippen LogP contribution is 2.23. The molecule has 0 bridgehead atoms. The summed E-state index contributed by atoms with van der Waals surface area (Å²) in [4.78, 5) is 36.2. The van der Waals surface area contributed by atoms with Crippen LogP contribution in [0.2, 0.25) is 0 Å². The van der Waals surface area contributed by atoms with E-state index in [1.165, 1.54) is 18.4 Å². The van der Waals surface area contributed by atoms with Gasteiger partial charge in [0, 0.05) is 5.69 Å². The topological polar surface area (TPSA) is 97.6 Å². The maximum atomic E-state index is 12.1. The van der Waals surface area contributed by atoms with E-state index in [4.69, 9.17) is 9.15 Å². The molecule has 0 aliphatic heterocycles. The molecule has 0 aliphatic rings. The molecule has 2 heterocycles. The number of ether oxygens (including phenoxy) is 1. The lowest BCUT2D eigenvalue weighted by Crippen LogP contribution is -2.20. The van der Waals surface area contributed by atoms with Crippen LogP contribution < -0.4 is 10.6 Å². The summed E-state index contributed by atoms with van der Waals surface area (Å²) in [6.45, 7) is 1.64. The van der Waals surface area contributed by atoms with Crippen molar-refractivity contribution in [1.29, 1.82) is 0 Å². The van der Waals surface area contributed by atoms with Crippen LogP contribution in [-0.2, 0) is 16.0 Å². The van der Waals surface area contributed by atoms with Crippen molar-refractivity contribution in [2.24, 2.45) is 0 Å². The van der Waals surface area contributed by atoms with E-state index in [1.807, 2.05) is 19.1 Å². The fourth-order valence-corrected chi connectivity index (χ4v) is 3.11. The van der Waals surface area contributed by atoms with Gasteiger partial charge in [-0.05, 0) is 48.4 Å². The van der Waals surface area contributed by atoms with E-state index >= 15 is 0 Å². The summed E-state index contributed by atoms with van der Waals surface area (Å²) >= 11 is 1.05. The van der Waals surface area contributed by atoms with Crippen molar-refractivity contribution in [3.05, 3.63) is 71.0 Å². The zero-order valence-corrected chi connectivity index (χ0v) is 15.9. The van der Waals surface area contributed by atoms with Gasteiger partial charge in [0.1, 0.15) is 4.88 Å². The van der Waals surface area contributed by atoms with Crippen LogP contribution in [0.15, 0.2) is 59.2 Å². The average molecular weight is 398 g/mol. The van der Waals surface area contributed by atoms with Crippen LogP contribution in [0, 0.1) is 0 Å². The Morgan fingerprint density at radius 3 is 2.50 bits per heavy atom. The third-order valence-electron chi connectivity index (χ3n) is 3.77. The summed E-state index contributed by atoms with van der Waals surface area (Å²) in [5, 5.41) is 5.76. The smallest absolute Gasteiger partial charge is 0.348 e. The molecule has 3 rings (SSSR count). The number of rotatable bonds is 7. The van der Waals surface area contributed by atoms with E-state index in [0.717, 1.165) is 23.3 Å². The number of nitrogens with one attached hydrogen (secondary N) is 2. The minimum Gasteiger partial charge on any atom is -0.459 e. The first-order valence-corrected chi connectivity index (χ1v) is 9.37. The van der Waals surface area contributed by atoms with Crippen molar-refractivity contribution in [1.82, 2.24) is 0 Å². The highest BCUT2D eigenvalue weighted by atomic mass is 32.1. The van der Waals surface area contributed by atoms with Crippen LogP contribution in [0.4, 0.5) is 10.7 Å². The molecule has 0 unspecified atom stereocenters. The molecule has 0 saturated carbocycles. The number of amides is 2. The normalized spacial score (nSPS) is 10.3. The number of hydrogen-bond acceptors (Lipinski definition) is 6. The highest BCUT2D eigenvalue weighted by molar-refractivity contribution is 7.18. The maximum absolute atomic E-state index is 12.1. The number of benzene rings is 1. The molecule has 2 amide bonds. The molecule has 0 radical (unpaired) electrons. The Labute approximate surface area is 165 Å².